The first-order valence-electron chi connectivity index (χ1n) is 7.01. The van der Waals surface area contributed by atoms with E-state index in [4.69, 9.17) is 16.3 Å². The van der Waals surface area contributed by atoms with Crippen molar-refractivity contribution in [2.24, 2.45) is 0 Å². The van der Waals surface area contributed by atoms with E-state index in [-0.39, 0.29) is 12.5 Å². The standard InChI is InChI=1S/C16H16ClN3O3/c1-2-23-16(22)19-10-14-9-11(7-8-18-14)15(21)20-13-5-3-12(17)4-6-13/h3-9H,2,10H2,1H3,(H,19,22)(H,20,21). The van der Waals surface area contributed by atoms with Crippen LogP contribution in [0.5, 0.6) is 0 Å². The maximum Gasteiger partial charge on any atom is 0.407 e. The summed E-state index contributed by atoms with van der Waals surface area (Å²) in [5, 5.41) is 5.91. The molecule has 2 N–H and O–H groups in total. The molecule has 2 rings (SSSR count). The summed E-state index contributed by atoms with van der Waals surface area (Å²) in [6, 6.07) is 10.0. The van der Waals surface area contributed by atoms with E-state index in [1.807, 2.05) is 0 Å². The Morgan fingerprint density at radius 1 is 1.22 bits per heavy atom. The number of anilines is 1. The Morgan fingerprint density at radius 3 is 2.65 bits per heavy atom. The highest BCUT2D eigenvalue weighted by atomic mass is 35.5. The minimum Gasteiger partial charge on any atom is -0.450 e. The van der Waals surface area contributed by atoms with Crippen LogP contribution in [0.25, 0.3) is 0 Å². The average Bonchev–Trinajstić information content (AvgIpc) is 2.55. The lowest BCUT2D eigenvalue weighted by atomic mass is 10.2. The van der Waals surface area contributed by atoms with E-state index in [1.165, 1.54) is 6.20 Å². The van der Waals surface area contributed by atoms with Crippen LogP contribution in [0.2, 0.25) is 5.02 Å². The first-order chi connectivity index (χ1) is 11.1. The molecule has 2 aromatic rings. The number of hydrogen-bond donors (Lipinski definition) is 2. The third-order valence-corrected chi connectivity index (χ3v) is 3.12. The molecule has 7 heteroatoms. The summed E-state index contributed by atoms with van der Waals surface area (Å²) in [7, 11) is 0. The largest absolute Gasteiger partial charge is 0.450 e. The molecule has 2 amide bonds. The summed E-state index contributed by atoms with van der Waals surface area (Å²) in [4.78, 5) is 27.6. The van der Waals surface area contributed by atoms with Crippen LogP contribution in [0, 0.1) is 0 Å². The predicted molar refractivity (Wildman–Crippen MR) is 87.5 cm³/mol. The molecule has 1 aromatic carbocycles. The summed E-state index contributed by atoms with van der Waals surface area (Å²) in [6.07, 6.45) is 0.990. The van der Waals surface area contributed by atoms with Gasteiger partial charge in [-0.15, -0.1) is 0 Å². The van der Waals surface area contributed by atoms with Crippen LogP contribution in [0.4, 0.5) is 10.5 Å². The number of amides is 2. The number of pyridine rings is 1. The van der Waals surface area contributed by atoms with Crippen LogP contribution in [0.3, 0.4) is 0 Å². The molecule has 0 unspecified atom stereocenters. The second kappa shape index (κ2) is 8.14. The highest BCUT2D eigenvalue weighted by molar-refractivity contribution is 6.30. The zero-order chi connectivity index (χ0) is 16.7. The number of aromatic nitrogens is 1. The maximum absolute atomic E-state index is 12.2. The molecule has 0 aliphatic carbocycles. The van der Waals surface area contributed by atoms with Crippen molar-refractivity contribution < 1.29 is 14.3 Å². The van der Waals surface area contributed by atoms with Crippen molar-refractivity contribution in [3.05, 3.63) is 58.9 Å². The molecule has 0 aliphatic rings. The summed E-state index contributed by atoms with van der Waals surface area (Å²) < 4.78 is 4.76. The van der Waals surface area contributed by atoms with E-state index >= 15 is 0 Å². The second-order valence-corrected chi connectivity index (χ2v) is 5.01. The Labute approximate surface area is 138 Å². The number of carbonyl (C=O) groups excluding carboxylic acids is 2. The molecule has 0 saturated heterocycles. The van der Waals surface area contributed by atoms with Crippen molar-refractivity contribution in [3.63, 3.8) is 0 Å². The molecule has 120 valence electrons. The average molecular weight is 334 g/mol. The topological polar surface area (TPSA) is 80.3 Å². The Morgan fingerprint density at radius 2 is 1.96 bits per heavy atom. The van der Waals surface area contributed by atoms with E-state index in [0.29, 0.717) is 28.6 Å². The first-order valence-corrected chi connectivity index (χ1v) is 7.38. The minimum atomic E-state index is -0.523. The van der Waals surface area contributed by atoms with Crippen molar-refractivity contribution in [1.29, 1.82) is 0 Å². The third kappa shape index (κ3) is 5.27. The summed E-state index contributed by atoms with van der Waals surface area (Å²) in [5.74, 6) is -0.271. The van der Waals surface area contributed by atoms with Gasteiger partial charge >= 0.3 is 6.09 Å². The van der Waals surface area contributed by atoms with Gasteiger partial charge in [-0.1, -0.05) is 11.6 Å². The van der Waals surface area contributed by atoms with Crippen LogP contribution in [-0.2, 0) is 11.3 Å². The van der Waals surface area contributed by atoms with Crippen LogP contribution < -0.4 is 10.6 Å². The SMILES string of the molecule is CCOC(=O)NCc1cc(C(=O)Nc2ccc(Cl)cc2)ccn1. The van der Waals surface area contributed by atoms with Crippen LogP contribution in [-0.4, -0.2) is 23.6 Å². The quantitative estimate of drug-likeness (QED) is 0.880. The molecule has 1 aromatic heterocycles. The van der Waals surface area contributed by atoms with Gasteiger partial charge in [-0.25, -0.2) is 4.79 Å². The number of ether oxygens (including phenoxy) is 1. The van der Waals surface area contributed by atoms with Crippen LogP contribution in [0.1, 0.15) is 23.0 Å². The Bertz CT molecular complexity index is 689. The van der Waals surface area contributed by atoms with Gasteiger partial charge in [0.1, 0.15) is 0 Å². The van der Waals surface area contributed by atoms with Crippen LogP contribution in [0.15, 0.2) is 42.6 Å². The minimum absolute atomic E-state index is 0.181. The highest BCUT2D eigenvalue weighted by Gasteiger charge is 2.08. The number of rotatable bonds is 5. The van der Waals surface area contributed by atoms with E-state index in [1.54, 1.807) is 43.3 Å². The molecule has 0 saturated carbocycles. The summed E-state index contributed by atoms with van der Waals surface area (Å²) in [6.45, 7) is 2.20. The third-order valence-electron chi connectivity index (χ3n) is 2.87. The fourth-order valence-corrected chi connectivity index (χ4v) is 1.92. The van der Waals surface area contributed by atoms with Crippen molar-refractivity contribution in [2.45, 2.75) is 13.5 Å². The molecule has 23 heavy (non-hydrogen) atoms. The fourth-order valence-electron chi connectivity index (χ4n) is 1.80. The van der Waals surface area contributed by atoms with E-state index < -0.39 is 6.09 Å². The van der Waals surface area contributed by atoms with Gasteiger partial charge in [-0.3, -0.25) is 9.78 Å². The normalized spacial score (nSPS) is 10.0. The lowest BCUT2D eigenvalue weighted by Crippen LogP contribution is -2.24. The number of halogens is 1. The smallest absolute Gasteiger partial charge is 0.407 e. The molecule has 0 aliphatic heterocycles. The second-order valence-electron chi connectivity index (χ2n) is 4.57. The molecule has 0 atom stereocenters. The molecule has 0 spiro atoms. The Hall–Kier alpha value is -2.60. The van der Waals surface area contributed by atoms with Gasteiger partial charge in [-0.2, -0.15) is 0 Å². The lowest BCUT2D eigenvalue weighted by molar-refractivity contribution is 0.102. The van der Waals surface area contributed by atoms with E-state index in [0.717, 1.165) is 0 Å². The van der Waals surface area contributed by atoms with E-state index in [9.17, 15) is 9.59 Å². The van der Waals surface area contributed by atoms with Gasteiger partial charge in [0.05, 0.1) is 18.8 Å². The van der Waals surface area contributed by atoms with Gasteiger partial charge in [-0.05, 0) is 43.3 Å². The van der Waals surface area contributed by atoms with Crippen molar-refractivity contribution in [1.82, 2.24) is 10.3 Å². The highest BCUT2D eigenvalue weighted by Crippen LogP contribution is 2.14. The first kappa shape index (κ1) is 16.8. The molecule has 0 radical (unpaired) electrons. The number of hydrogen-bond acceptors (Lipinski definition) is 4. The van der Waals surface area contributed by atoms with Crippen molar-refractivity contribution in [2.75, 3.05) is 11.9 Å². The van der Waals surface area contributed by atoms with Gasteiger partial charge in [0.15, 0.2) is 0 Å². The molecular weight excluding hydrogens is 318 g/mol. The number of alkyl carbamates (subject to hydrolysis) is 1. The van der Waals surface area contributed by atoms with Crippen molar-refractivity contribution >= 4 is 29.3 Å². The zero-order valence-corrected chi connectivity index (χ0v) is 13.3. The number of benzene rings is 1. The molecule has 0 fully saturated rings. The van der Waals surface area contributed by atoms with Gasteiger partial charge in [0, 0.05) is 22.5 Å². The number of carbonyl (C=O) groups is 2. The summed E-state index contributed by atoms with van der Waals surface area (Å²) >= 11 is 5.80. The molecule has 0 bridgehead atoms. The Balaban J connectivity index is 1.99. The van der Waals surface area contributed by atoms with Gasteiger partial charge < -0.3 is 15.4 Å². The number of nitrogens with one attached hydrogen (secondary N) is 2. The zero-order valence-electron chi connectivity index (χ0n) is 12.5. The fraction of sp³-hybridized carbons (Fsp3) is 0.188. The molecule has 6 nitrogen and oxygen atoms in total. The van der Waals surface area contributed by atoms with Gasteiger partial charge in [0.2, 0.25) is 0 Å². The maximum atomic E-state index is 12.2. The van der Waals surface area contributed by atoms with Crippen molar-refractivity contribution in [3.8, 4) is 0 Å². The van der Waals surface area contributed by atoms with Crippen LogP contribution >= 0.6 is 11.6 Å². The van der Waals surface area contributed by atoms with E-state index in [2.05, 4.69) is 15.6 Å². The summed E-state index contributed by atoms with van der Waals surface area (Å²) in [5.41, 5.74) is 1.64. The Kier molecular flexibility index (Phi) is 5.94. The monoisotopic (exact) mass is 333 g/mol. The molecular formula is C16H16ClN3O3. The molecule has 1 heterocycles. The number of nitrogens with zero attached hydrogens (tertiary/aromatic N) is 1. The van der Waals surface area contributed by atoms with Gasteiger partial charge in [0.25, 0.3) is 5.91 Å². The lowest BCUT2D eigenvalue weighted by Gasteiger charge is -2.08. The predicted octanol–water partition coefficient (Wildman–Crippen LogP) is 3.23.